The van der Waals surface area contributed by atoms with Gasteiger partial charge in [0.1, 0.15) is 0 Å². The molecule has 0 radical (unpaired) electrons. The molecule has 0 saturated heterocycles. The first-order chi connectivity index (χ1) is 8.63. The summed E-state index contributed by atoms with van der Waals surface area (Å²) < 4.78 is 0. The van der Waals surface area contributed by atoms with Crippen LogP contribution in [0.5, 0.6) is 0 Å². The third kappa shape index (κ3) is 5.85. The molecule has 1 fully saturated rings. The van der Waals surface area contributed by atoms with Crippen molar-refractivity contribution < 1.29 is 4.79 Å². The fourth-order valence-corrected chi connectivity index (χ4v) is 2.82. The monoisotopic (exact) mass is 254 g/mol. The Morgan fingerprint density at radius 2 is 1.72 bits per heavy atom. The molecule has 1 unspecified atom stereocenters. The molecule has 3 nitrogen and oxygen atoms in total. The second-order valence-electron chi connectivity index (χ2n) is 6.11. The zero-order valence-corrected chi connectivity index (χ0v) is 12.1. The Kier molecular flexibility index (Phi) is 7.33. The Bertz CT molecular complexity index is 233. The van der Waals surface area contributed by atoms with E-state index >= 15 is 0 Å². The van der Waals surface area contributed by atoms with Crippen LogP contribution < -0.4 is 11.1 Å². The first kappa shape index (κ1) is 15.5. The molecule has 1 aliphatic carbocycles. The third-order valence-electron chi connectivity index (χ3n) is 3.86. The van der Waals surface area contributed by atoms with Gasteiger partial charge in [0.25, 0.3) is 0 Å². The van der Waals surface area contributed by atoms with Gasteiger partial charge in [0.2, 0.25) is 5.91 Å². The van der Waals surface area contributed by atoms with Crippen LogP contribution in [-0.4, -0.2) is 18.5 Å². The number of hydrogen-bond acceptors (Lipinski definition) is 2. The van der Waals surface area contributed by atoms with Crippen molar-refractivity contribution in [3.05, 3.63) is 0 Å². The molecular weight excluding hydrogens is 224 g/mol. The number of rotatable bonds is 5. The predicted molar refractivity (Wildman–Crippen MR) is 76.2 cm³/mol. The Balaban J connectivity index is 2.40. The number of amides is 1. The first-order valence-corrected chi connectivity index (χ1v) is 7.64. The number of nitrogens with one attached hydrogen (secondary N) is 1. The molecule has 106 valence electrons. The number of carbonyl (C=O) groups excluding carboxylic acids is 1. The van der Waals surface area contributed by atoms with Crippen molar-refractivity contribution in [3.8, 4) is 0 Å². The molecule has 0 aromatic carbocycles. The number of carbonyl (C=O) groups is 1. The molecule has 1 aliphatic rings. The lowest BCUT2D eigenvalue weighted by Crippen LogP contribution is -2.43. The number of nitrogens with two attached hydrogens (primary N) is 1. The summed E-state index contributed by atoms with van der Waals surface area (Å²) in [6, 6.07) is 0.156. The molecule has 0 aromatic rings. The SMILES string of the molecule is CC(C)CC(CN)NC(=O)C1CCCCCCC1. The van der Waals surface area contributed by atoms with Crippen molar-refractivity contribution in [1.29, 1.82) is 0 Å². The van der Waals surface area contributed by atoms with Crippen molar-refractivity contribution in [2.75, 3.05) is 6.54 Å². The van der Waals surface area contributed by atoms with E-state index in [2.05, 4.69) is 19.2 Å². The van der Waals surface area contributed by atoms with E-state index in [-0.39, 0.29) is 17.9 Å². The van der Waals surface area contributed by atoms with Gasteiger partial charge in [-0.25, -0.2) is 0 Å². The van der Waals surface area contributed by atoms with E-state index in [0.29, 0.717) is 12.5 Å². The van der Waals surface area contributed by atoms with Crippen LogP contribution in [-0.2, 0) is 4.79 Å². The molecule has 0 aromatic heterocycles. The Morgan fingerprint density at radius 3 is 2.22 bits per heavy atom. The van der Waals surface area contributed by atoms with Gasteiger partial charge in [-0.1, -0.05) is 46.0 Å². The maximum atomic E-state index is 12.2. The molecule has 0 aliphatic heterocycles. The fraction of sp³-hybridized carbons (Fsp3) is 0.933. The second kappa shape index (κ2) is 8.52. The van der Waals surface area contributed by atoms with E-state index < -0.39 is 0 Å². The van der Waals surface area contributed by atoms with Gasteiger partial charge in [0.05, 0.1) is 0 Å². The van der Waals surface area contributed by atoms with Gasteiger partial charge < -0.3 is 11.1 Å². The molecule has 1 amide bonds. The largest absolute Gasteiger partial charge is 0.352 e. The van der Waals surface area contributed by atoms with Crippen LogP contribution in [0, 0.1) is 11.8 Å². The van der Waals surface area contributed by atoms with Gasteiger partial charge in [0.15, 0.2) is 0 Å². The quantitative estimate of drug-likeness (QED) is 0.792. The highest BCUT2D eigenvalue weighted by Crippen LogP contribution is 2.22. The van der Waals surface area contributed by atoms with E-state index in [1.807, 2.05) is 0 Å². The zero-order valence-electron chi connectivity index (χ0n) is 12.1. The predicted octanol–water partition coefficient (Wildman–Crippen LogP) is 2.84. The molecule has 18 heavy (non-hydrogen) atoms. The summed E-state index contributed by atoms with van der Waals surface area (Å²) in [7, 11) is 0. The van der Waals surface area contributed by atoms with Crippen LogP contribution in [0.3, 0.4) is 0 Å². The standard InChI is InChI=1S/C15H30N2O/c1-12(2)10-14(11-16)17-15(18)13-8-6-4-3-5-7-9-13/h12-14H,3-11,16H2,1-2H3,(H,17,18). The van der Waals surface area contributed by atoms with Crippen LogP contribution in [0.25, 0.3) is 0 Å². The van der Waals surface area contributed by atoms with Crippen LogP contribution in [0.4, 0.5) is 0 Å². The van der Waals surface area contributed by atoms with Crippen molar-refractivity contribution in [1.82, 2.24) is 5.32 Å². The van der Waals surface area contributed by atoms with Crippen LogP contribution in [0.2, 0.25) is 0 Å². The van der Waals surface area contributed by atoms with Gasteiger partial charge in [-0.3, -0.25) is 4.79 Å². The summed E-state index contributed by atoms with van der Waals surface area (Å²) in [4.78, 5) is 12.2. The fourth-order valence-electron chi connectivity index (χ4n) is 2.82. The first-order valence-electron chi connectivity index (χ1n) is 7.64. The minimum Gasteiger partial charge on any atom is -0.352 e. The summed E-state index contributed by atoms with van der Waals surface area (Å²) in [6.45, 7) is 4.89. The smallest absolute Gasteiger partial charge is 0.223 e. The average Bonchev–Trinajstić information content (AvgIpc) is 2.26. The average molecular weight is 254 g/mol. The van der Waals surface area contributed by atoms with Crippen LogP contribution in [0.1, 0.15) is 65.2 Å². The molecule has 3 N–H and O–H groups in total. The highest BCUT2D eigenvalue weighted by Gasteiger charge is 2.21. The van der Waals surface area contributed by atoms with Crippen molar-refractivity contribution in [2.45, 2.75) is 71.3 Å². The van der Waals surface area contributed by atoms with Crippen molar-refractivity contribution in [3.63, 3.8) is 0 Å². The maximum Gasteiger partial charge on any atom is 0.223 e. The number of hydrogen-bond donors (Lipinski definition) is 2. The summed E-state index contributed by atoms with van der Waals surface area (Å²) in [5.74, 6) is 1.05. The Morgan fingerprint density at radius 1 is 1.17 bits per heavy atom. The second-order valence-corrected chi connectivity index (χ2v) is 6.11. The highest BCUT2D eigenvalue weighted by molar-refractivity contribution is 5.78. The normalized spacial score (nSPS) is 20.2. The molecule has 0 spiro atoms. The van der Waals surface area contributed by atoms with Crippen LogP contribution >= 0.6 is 0 Å². The topological polar surface area (TPSA) is 55.1 Å². The van der Waals surface area contributed by atoms with Gasteiger partial charge >= 0.3 is 0 Å². The van der Waals surface area contributed by atoms with Crippen molar-refractivity contribution >= 4 is 5.91 Å². The van der Waals surface area contributed by atoms with E-state index in [1.165, 1.54) is 32.1 Å². The summed E-state index contributed by atoms with van der Waals surface area (Å²) in [5.41, 5.74) is 5.74. The van der Waals surface area contributed by atoms with Crippen molar-refractivity contribution in [2.24, 2.45) is 17.6 Å². The Labute approximate surface area is 112 Å². The lowest BCUT2D eigenvalue weighted by Gasteiger charge is -2.24. The molecule has 3 heteroatoms. The van der Waals surface area contributed by atoms with Gasteiger partial charge in [0, 0.05) is 18.5 Å². The van der Waals surface area contributed by atoms with E-state index in [4.69, 9.17) is 5.73 Å². The van der Waals surface area contributed by atoms with Gasteiger partial charge in [-0.2, -0.15) is 0 Å². The minimum atomic E-state index is 0.156. The van der Waals surface area contributed by atoms with Crippen LogP contribution in [0.15, 0.2) is 0 Å². The maximum absolute atomic E-state index is 12.2. The molecule has 1 atom stereocenters. The summed E-state index contributed by atoms with van der Waals surface area (Å²) in [5, 5.41) is 3.15. The Hall–Kier alpha value is -0.570. The minimum absolute atomic E-state index is 0.156. The lowest BCUT2D eigenvalue weighted by atomic mass is 9.90. The summed E-state index contributed by atoms with van der Waals surface area (Å²) in [6.07, 6.45) is 9.43. The van der Waals surface area contributed by atoms with Gasteiger partial charge in [-0.15, -0.1) is 0 Å². The molecule has 0 bridgehead atoms. The van der Waals surface area contributed by atoms with E-state index in [9.17, 15) is 4.79 Å². The zero-order chi connectivity index (χ0) is 13.4. The lowest BCUT2D eigenvalue weighted by molar-refractivity contribution is -0.126. The molecule has 0 heterocycles. The molecule has 1 rings (SSSR count). The third-order valence-corrected chi connectivity index (χ3v) is 3.86. The van der Waals surface area contributed by atoms with E-state index in [0.717, 1.165) is 19.3 Å². The molecule has 1 saturated carbocycles. The van der Waals surface area contributed by atoms with Gasteiger partial charge in [-0.05, 0) is 25.2 Å². The molecular formula is C15H30N2O. The van der Waals surface area contributed by atoms with E-state index in [1.54, 1.807) is 0 Å². The highest BCUT2D eigenvalue weighted by atomic mass is 16.1. The summed E-state index contributed by atoms with van der Waals surface area (Å²) >= 11 is 0.